The molecule has 0 saturated heterocycles. The second-order valence-corrected chi connectivity index (χ2v) is 14.2. The molecule has 1 heteroatoms. The van der Waals surface area contributed by atoms with Gasteiger partial charge in [0.1, 0.15) is 0 Å². The zero-order chi connectivity index (χ0) is 15.8. The summed E-state index contributed by atoms with van der Waals surface area (Å²) in [5, 5.41) is 0. The predicted molar refractivity (Wildman–Crippen MR) is 92.4 cm³/mol. The molecule has 0 rings (SSSR count). The van der Waals surface area contributed by atoms with Crippen molar-refractivity contribution in [2.45, 2.75) is 97.4 Å². The molecule has 0 amide bonds. The number of rotatable bonds is 3. The zero-order valence-electron chi connectivity index (χ0n) is 15.8. The van der Waals surface area contributed by atoms with Gasteiger partial charge >= 0.3 is 0 Å². The molecule has 3 atom stereocenters. The Hall–Kier alpha value is 0.532. The van der Waals surface area contributed by atoms with E-state index < -0.39 is 14.1 Å². The van der Waals surface area contributed by atoms with Gasteiger partial charge in [0.05, 0.1) is 0 Å². The quantitative estimate of drug-likeness (QED) is 0.500. The van der Waals surface area contributed by atoms with Crippen molar-refractivity contribution in [2.24, 2.45) is 16.2 Å². The van der Waals surface area contributed by atoms with Gasteiger partial charge in [-0.3, -0.25) is 0 Å². The van der Waals surface area contributed by atoms with Crippen LogP contribution in [-0.2, 0) is 0 Å². The highest BCUT2D eigenvalue weighted by Gasteiger charge is 2.47. The summed E-state index contributed by atoms with van der Waals surface area (Å²) in [6.45, 7) is 29.5. The lowest BCUT2D eigenvalue weighted by atomic mass is 9.90. The Bertz CT molecular complexity index is 224. The molecule has 0 spiro atoms. The van der Waals surface area contributed by atoms with Gasteiger partial charge in [-0.1, -0.05) is 97.4 Å². The Kier molecular flexibility index (Phi) is 6.28. The van der Waals surface area contributed by atoms with Gasteiger partial charge < -0.3 is 0 Å². The van der Waals surface area contributed by atoms with E-state index in [-0.39, 0.29) is 0 Å². The van der Waals surface area contributed by atoms with E-state index in [2.05, 4.69) is 83.1 Å². The Morgan fingerprint density at radius 2 is 0.632 bits per heavy atom. The van der Waals surface area contributed by atoms with Gasteiger partial charge in [0.15, 0.2) is 0 Å². The second kappa shape index (κ2) is 6.11. The Morgan fingerprint density at radius 3 is 0.737 bits per heavy atom. The molecule has 0 radical (unpaired) electrons. The minimum atomic E-state index is -0.891. The van der Waals surface area contributed by atoms with Crippen LogP contribution in [0.15, 0.2) is 0 Å². The summed E-state index contributed by atoms with van der Waals surface area (Å²) >= 11 is -0.891. The van der Waals surface area contributed by atoms with Crippen molar-refractivity contribution >= 4 is 14.1 Å². The highest BCUT2D eigenvalue weighted by Crippen LogP contribution is 2.51. The van der Waals surface area contributed by atoms with E-state index in [4.69, 9.17) is 0 Å². The highest BCUT2D eigenvalue weighted by molar-refractivity contribution is 6.64. The van der Waals surface area contributed by atoms with E-state index in [0.29, 0.717) is 16.2 Å². The molecule has 0 aromatic carbocycles. The van der Waals surface area contributed by atoms with Gasteiger partial charge in [0.2, 0.25) is 0 Å². The van der Waals surface area contributed by atoms with Crippen LogP contribution in [0.4, 0.5) is 0 Å². The van der Waals surface area contributed by atoms with Gasteiger partial charge in [0.25, 0.3) is 14.1 Å². The van der Waals surface area contributed by atoms with Gasteiger partial charge in [0, 0.05) is 0 Å². The summed E-state index contributed by atoms with van der Waals surface area (Å²) < 4.78 is 2.61. The Balaban J connectivity index is 5.52. The van der Waals surface area contributed by atoms with Crippen LogP contribution in [-0.4, -0.2) is 14.1 Å². The summed E-state index contributed by atoms with van der Waals surface area (Å²) in [4.78, 5) is 0. The van der Waals surface area contributed by atoms with Crippen molar-refractivity contribution in [2.75, 3.05) is 0 Å². The molecule has 0 heterocycles. The van der Waals surface area contributed by atoms with E-state index in [1.54, 1.807) is 0 Å². The van der Waals surface area contributed by atoms with E-state index in [1.807, 2.05) is 0 Å². The van der Waals surface area contributed by atoms with Crippen molar-refractivity contribution in [3.63, 3.8) is 0 Å². The zero-order valence-corrected chi connectivity index (χ0v) is 17.0. The van der Waals surface area contributed by atoms with Crippen molar-refractivity contribution in [3.05, 3.63) is 0 Å². The fourth-order valence-electron chi connectivity index (χ4n) is 3.03. The van der Waals surface area contributed by atoms with Crippen LogP contribution in [0, 0.1) is 16.2 Å². The van der Waals surface area contributed by atoms with E-state index >= 15 is 0 Å². The maximum atomic E-state index is 2.53. The molecule has 0 saturated carbocycles. The van der Waals surface area contributed by atoms with E-state index in [1.165, 1.54) is 0 Å². The fourth-order valence-corrected chi connectivity index (χ4v) is 9.09. The summed E-state index contributed by atoms with van der Waals surface area (Å²) in [6.07, 6.45) is 0. The topological polar surface area (TPSA) is 0 Å². The lowest BCUT2D eigenvalue weighted by Crippen LogP contribution is -2.43. The maximum Gasteiger partial charge on any atom is 0.273 e. The summed E-state index contributed by atoms with van der Waals surface area (Å²) in [5.74, 6) is 0. The van der Waals surface area contributed by atoms with E-state index in [0.717, 1.165) is 14.3 Å². The lowest BCUT2D eigenvalue weighted by molar-refractivity contribution is 0.324. The fraction of sp³-hybridized carbons (Fsp3) is 1.00. The SMILES string of the molecule is C[CH]([Al]([CH](C)C(C)(C)C)[CH](C)C(C)(C)C)C(C)(C)C. The monoisotopic (exact) mass is 282 g/mol. The molecule has 0 aromatic rings. The molecular formula is C18H39Al. The van der Waals surface area contributed by atoms with Crippen LogP contribution >= 0.6 is 0 Å². The summed E-state index contributed by atoms with van der Waals surface area (Å²) in [6, 6.07) is 0. The van der Waals surface area contributed by atoms with Gasteiger partial charge in [-0.05, 0) is 16.2 Å². The van der Waals surface area contributed by atoms with Crippen LogP contribution in [0.25, 0.3) is 0 Å². The minimum absolute atomic E-state index is 0.440. The molecule has 0 N–H and O–H groups in total. The normalized spacial score (nSPS) is 18.9. The van der Waals surface area contributed by atoms with Crippen LogP contribution in [0.2, 0.25) is 14.3 Å². The molecule has 0 aliphatic heterocycles. The first-order valence-electron chi connectivity index (χ1n) is 8.10. The molecule has 19 heavy (non-hydrogen) atoms. The van der Waals surface area contributed by atoms with Crippen LogP contribution < -0.4 is 0 Å². The average Bonchev–Trinajstić information content (AvgIpc) is 2.13. The standard InChI is InChI=1S/3C6H13.Al/c3*1-5-6(2,3)4;/h3*5H,1-4H3;. The largest absolute Gasteiger partial charge is 0.273 e. The third kappa shape index (κ3) is 5.43. The molecule has 3 unspecified atom stereocenters. The average molecular weight is 282 g/mol. The Morgan fingerprint density at radius 1 is 0.474 bits per heavy atom. The lowest BCUT2D eigenvalue weighted by Gasteiger charge is -2.46. The molecular weight excluding hydrogens is 243 g/mol. The Labute approximate surface area is 128 Å². The maximum absolute atomic E-state index is 2.53. The third-order valence-electron chi connectivity index (χ3n) is 5.83. The van der Waals surface area contributed by atoms with Gasteiger partial charge in [-0.25, -0.2) is 0 Å². The summed E-state index contributed by atoms with van der Waals surface area (Å²) in [7, 11) is 0. The second-order valence-electron chi connectivity index (χ2n) is 10.0. The molecule has 0 fully saturated rings. The summed E-state index contributed by atoms with van der Waals surface area (Å²) in [5.41, 5.74) is 1.32. The molecule has 0 bridgehead atoms. The van der Waals surface area contributed by atoms with Crippen molar-refractivity contribution < 1.29 is 0 Å². The minimum Gasteiger partial charge on any atom is -0.0797 e. The van der Waals surface area contributed by atoms with E-state index in [9.17, 15) is 0 Å². The van der Waals surface area contributed by atoms with Crippen molar-refractivity contribution in [3.8, 4) is 0 Å². The van der Waals surface area contributed by atoms with Crippen molar-refractivity contribution in [1.82, 2.24) is 0 Å². The molecule has 0 nitrogen and oxygen atoms in total. The smallest absolute Gasteiger partial charge is 0.0797 e. The highest BCUT2D eigenvalue weighted by atomic mass is 27.2. The van der Waals surface area contributed by atoms with Gasteiger partial charge in [-0.15, -0.1) is 0 Å². The third-order valence-corrected chi connectivity index (χ3v) is 12.3. The molecule has 0 aromatic heterocycles. The van der Waals surface area contributed by atoms with Crippen LogP contribution in [0.3, 0.4) is 0 Å². The number of hydrogen-bond donors (Lipinski definition) is 0. The molecule has 114 valence electrons. The van der Waals surface area contributed by atoms with Crippen LogP contribution in [0.5, 0.6) is 0 Å². The number of hydrogen-bond acceptors (Lipinski definition) is 0. The first-order valence-corrected chi connectivity index (χ1v) is 10.1. The van der Waals surface area contributed by atoms with Gasteiger partial charge in [-0.2, -0.15) is 0 Å². The molecule has 0 aliphatic carbocycles. The van der Waals surface area contributed by atoms with Crippen LogP contribution in [0.1, 0.15) is 83.1 Å². The molecule has 0 aliphatic rings. The first-order chi connectivity index (χ1) is 8.10. The predicted octanol–water partition coefficient (Wildman–Crippen LogP) is 6.79. The van der Waals surface area contributed by atoms with Crippen molar-refractivity contribution in [1.29, 1.82) is 0 Å². The first kappa shape index (κ1) is 19.5.